The molecule has 0 amide bonds. The number of furan rings is 1. The predicted molar refractivity (Wildman–Crippen MR) is 99.0 cm³/mol. The molecule has 5 aromatic rings. The number of aromatic nitrogens is 2. The largest absolute Gasteiger partial charge is 0.496 e. The molecule has 1 aromatic carbocycles. The minimum atomic E-state index is -0.0644. The van der Waals surface area contributed by atoms with Crippen LogP contribution >= 0.6 is 11.3 Å². The number of methoxy groups -OCH3 is 1. The molecule has 0 fully saturated rings. The molecule has 0 radical (unpaired) electrons. The second-order valence-corrected chi connectivity index (χ2v) is 6.67. The Hall–Kier alpha value is -3.12. The Morgan fingerprint density at radius 2 is 2.12 bits per heavy atom. The molecular formula is C19H12N2O3S. The highest BCUT2D eigenvalue weighted by Gasteiger charge is 2.15. The van der Waals surface area contributed by atoms with Crippen molar-refractivity contribution in [3.05, 3.63) is 65.4 Å². The van der Waals surface area contributed by atoms with Crippen molar-refractivity contribution in [3.63, 3.8) is 0 Å². The Kier molecular flexibility index (Phi) is 2.96. The van der Waals surface area contributed by atoms with Gasteiger partial charge in [0.05, 0.1) is 18.8 Å². The van der Waals surface area contributed by atoms with E-state index >= 15 is 0 Å². The summed E-state index contributed by atoms with van der Waals surface area (Å²) >= 11 is 1.39. The molecule has 6 heteroatoms. The van der Waals surface area contributed by atoms with E-state index in [-0.39, 0.29) is 5.56 Å². The molecule has 0 saturated heterocycles. The summed E-state index contributed by atoms with van der Waals surface area (Å²) in [5.41, 5.74) is 1.54. The summed E-state index contributed by atoms with van der Waals surface area (Å²) < 4.78 is 13.1. The first kappa shape index (κ1) is 14.2. The number of pyridine rings is 2. The van der Waals surface area contributed by atoms with Gasteiger partial charge < -0.3 is 9.15 Å². The monoisotopic (exact) mass is 348 g/mol. The number of thiophene rings is 1. The van der Waals surface area contributed by atoms with Crippen molar-refractivity contribution in [2.24, 2.45) is 0 Å². The molecule has 5 rings (SSSR count). The van der Waals surface area contributed by atoms with Crippen molar-refractivity contribution in [3.8, 4) is 11.4 Å². The van der Waals surface area contributed by atoms with E-state index in [1.807, 2.05) is 36.4 Å². The van der Waals surface area contributed by atoms with E-state index < -0.39 is 0 Å². The number of rotatable bonds is 2. The quantitative estimate of drug-likeness (QED) is 0.476. The van der Waals surface area contributed by atoms with Crippen molar-refractivity contribution in [1.82, 2.24) is 9.55 Å². The lowest BCUT2D eigenvalue weighted by atomic mass is 10.2. The molecule has 0 bridgehead atoms. The van der Waals surface area contributed by atoms with Crippen LogP contribution in [0.15, 0.2) is 64.3 Å². The van der Waals surface area contributed by atoms with Gasteiger partial charge in [-0.1, -0.05) is 0 Å². The number of hydrogen-bond acceptors (Lipinski definition) is 5. The van der Waals surface area contributed by atoms with Crippen molar-refractivity contribution < 1.29 is 9.15 Å². The highest BCUT2D eigenvalue weighted by molar-refractivity contribution is 7.25. The molecule has 0 N–H and O–H groups in total. The van der Waals surface area contributed by atoms with Crippen molar-refractivity contribution in [2.75, 3.05) is 7.11 Å². The van der Waals surface area contributed by atoms with Gasteiger partial charge in [0.25, 0.3) is 5.56 Å². The first-order valence-electron chi connectivity index (χ1n) is 7.71. The maximum atomic E-state index is 13.1. The van der Waals surface area contributed by atoms with E-state index in [0.717, 1.165) is 38.0 Å². The normalized spacial score (nSPS) is 11.6. The Labute approximate surface area is 145 Å². The Balaban J connectivity index is 1.82. The maximum absolute atomic E-state index is 13.1. The molecule has 0 saturated carbocycles. The Morgan fingerprint density at radius 3 is 3.00 bits per heavy atom. The molecule has 0 aliphatic rings. The zero-order valence-corrected chi connectivity index (χ0v) is 14.0. The fourth-order valence-corrected chi connectivity index (χ4v) is 4.22. The third-order valence-electron chi connectivity index (χ3n) is 4.33. The number of hydrogen-bond donors (Lipinski definition) is 0. The van der Waals surface area contributed by atoms with Gasteiger partial charge in [0.1, 0.15) is 20.9 Å². The SMILES string of the molecule is COc1ccnc2sc3c(=O)n(-c4ccc5occc5c4)ccc3c12. The summed E-state index contributed by atoms with van der Waals surface area (Å²) in [5.74, 6) is 0.730. The standard InChI is InChI=1S/C19H12N2O3S/c1-23-15-4-7-20-18-16(15)13-5-8-21(19(22)17(13)25-18)12-2-3-14-11(10-12)6-9-24-14/h2-10H,1H3. The molecule has 4 aromatic heterocycles. The molecule has 0 aliphatic carbocycles. The molecule has 4 heterocycles. The van der Waals surface area contributed by atoms with Crippen molar-refractivity contribution in [2.45, 2.75) is 0 Å². The average molecular weight is 348 g/mol. The zero-order valence-electron chi connectivity index (χ0n) is 13.2. The van der Waals surface area contributed by atoms with Gasteiger partial charge in [0.2, 0.25) is 0 Å². The van der Waals surface area contributed by atoms with E-state index in [0.29, 0.717) is 4.70 Å². The van der Waals surface area contributed by atoms with Gasteiger partial charge in [-0.2, -0.15) is 0 Å². The molecule has 122 valence electrons. The fourth-order valence-electron chi connectivity index (χ4n) is 3.14. The highest BCUT2D eigenvalue weighted by atomic mass is 32.1. The Morgan fingerprint density at radius 1 is 1.20 bits per heavy atom. The number of nitrogens with zero attached hydrogens (tertiary/aromatic N) is 2. The summed E-state index contributed by atoms with van der Waals surface area (Å²) in [6.45, 7) is 0. The van der Waals surface area contributed by atoms with Crippen LogP contribution < -0.4 is 10.3 Å². The summed E-state index contributed by atoms with van der Waals surface area (Å²) in [4.78, 5) is 18.2. The second-order valence-electron chi connectivity index (χ2n) is 5.67. The van der Waals surface area contributed by atoms with Gasteiger partial charge >= 0.3 is 0 Å². The third kappa shape index (κ3) is 2.01. The van der Waals surface area contributed by atoms with E-state index in [1.54, 1.807) is 30.3 Å². The van der Waals surface area contributed by atoms with Crippen molar-refractivity contribution >= 4 is 42.6 Å². The minimum absolute atomic E-state index is 0.0644. The van der Waals surface area contributed by atoms with Crippen LogP contribution in [0, 0.1) is 0 Å². The molecular weight excluding hydrogens is 336 g/mol. The van der Waals surface area contributed by atoms with Crippen LogP contribution in [0.4, 0.5) is 0 Å². The van der Waals surface area contributed by atoms with Gasteiger partial charge in [-0.05, 0) is 36.4 Å². The maximum Gasteiger partial charge on any atom is 0.273 e. The van der Waals surface area contributed by atoms with Crippen molar-refractivity contribution in [1.29, 1.82) is 0 Å². The molecule has 0 unspecified atom stereocenters. The zero-order chi connectivity index (χ0) is 17.0. The van der Waals surface area contributed by atoms with Crippen LogP contribution in [0.2, 0.25) is 0 Å². The van der Waals surface area contributed by atoms with Gasteiger partial charge in [-0.3, -0.25) is 9.36 Å². The number of fused-ring (bicyclic) bond motifs is 4. The molecule has 0 atom stereocenters. The van der Waals surface area contributed by atoms with Crippen LogP contribution in [0.3, 0.4) is 0 Å². The van der Waals surface area contributed by atoms with Crippen LogP contribution in [-0.4, -0.2) is 16.7 Å². The second kappa shape index (κ2) is 5.19. The fraction of sp³-hybridized carbons (Fsp3) is 0.0526. The van der Waals surface area contributed by atoms with E-state index in [9.17, 15) is 4.79 Å². The minimum Gasteiger partial charge on any atom is -0.496 e. The van der Waals surface area contributed by atoms with Gasteiger partial charge in [-0.25, -0.2) is 4.98 Å². The predicted octanol–water partition coefficient (Wildman–Crippen LogP) is 4.36. The van der Waals surface area contributed by atoms with Crippen LogP contribution in [0.5, 0.6) is 5.75 Å². The van der Waals surface area contributed by atoms with Crippen LogP contribution in [0.25, 0.3) is 37.0 Å². The third-order valence-corrected chi connectivity index (χ3v) is 5.43. The topological polar surface area (TPSA) is 57.3 Å². The Bertz CT molecular complexity index is 1310. The molecule has 0 spiro atoms. The lowest BCUT2D eigenvalue weighted by Crippen LogP contribution is -2.16. The number of ether oxygens (including phenoxy) is 1. The first-order valence-corrected chi connectivity index (χ1v) is 8.52. The van der Waals surface area contributed by atoms with E-state index in [4.69, 9.17) is 9.15 Å². The smallest absolute Gasteiger partial charge is 0.273 e. The van der Waals surface area contributed by atoms with Crippen LogP contribution in [-0.2, 0) is 0 Å². The summed E-state index contributed by atoms with van der Waals surface area (Å²) in [6.07, 6.45) is 5.14. The van der Waals surface area contributed by atoms with Crippen LogP contribution in [0.1, 0.15) is 0 Å². The molecule has 0 aliphatic heterocycles. The summed E-state index contributed by atoms with van der Waals surface area (Å²) in [6, 6.07) is 11.3. The summed E-state index contributed by atoms with van der Waals surface area (Å²) in [7, 11) is 1.62. The van der Waals surface area contributed by atoms with Gasteiger partial charge in [0, 0.05) is 28.9 Å². The van der Waals surface area contributed by atoms with E-state index in [2.05, 4.69) is 4.98 Å². The van der Waals surface area contributed by atoms with Gasteiger partial charge in [-0.15, -0.1) is 11.3 Å². The first-order chi connectivity index (χ1) is 12.3. The van der Waals surface area contributed by atoms with Gasteiger partial charge in [0.15, 0.2) is 0 Å². The number of benzene rings is 1. The highest BCUT2D eigenvalue weighted by Crippen LogP contribution is 2.36. The average Bonchev–Trinajstić information content (AvgIpc) is 3.25. The lowest BCUT2D eigenvalue weighted by molar-refractivity contribution is 0.420. The van der Waals surface area contributed by atoms with E-state index in [1.165, 1.54) is 11.3 Å². The lowest BCUT2D eigenvalue weighted by Gasteiger charge is -2.06. The summed E-state index contributed by atoms with van der Waals surface area (Å²) in [5, 5.41) is 2.72. The molecule has 25 heavy (non-hydrogen) atoms. The molecule has 5 nitrogen and oxygen atoms in total.